The summed E-state index contributed by atoms with van der Waals surface area (Å²) in [7, 11) is -7.52. The monoisotopic (exact) mass is 280 g/mol. The fraction of sp³-hybridized carbons (Fsp3) is 0.889. The normalized spacial score (nSPS) is 18.4. The highest BCUT2D eigenvalue weighted by molar-refractivity contribution is 8.06. The minimum absolute atomic E-state index is 0.221. The van der Waals surface area contributed by atoms with Gasteiger partial charge in [0, 0.05) is 12.3 Å². The molecular formula is C9H16N2O4S2. The molecular weight excluding hydrogens is 264 g/mol. The van der Waals surface area contributed by atoms with Crippen LogP contribution in [-0.4, -0.2) is 45.1 Å². The van der Waals surface area contributed by atoms with E-state index in [-0.39, 0.29) is 12.6 Å². The maximum absolute atomic E-state index is 11.9. The molecule has 0 aromatic rings. The van der Waals surface area contributed by atoms with Crippen molar-refractivity contribution in [1.82, 2.24) is 4.31 Å². The van der Waals surface area contributed by atoms with Crippen LogP contribution in [0.2, 0.25) is 0 Å². The largest absolute Gasteiger partial charge is 0.229 e. The van der Waals surface area contributed by atoms with E-state index in [1.54, 1.807) is 6.07 Å². The van der Waals surface area contributed by atoms with Gasteiger partial charge in [0.2, 0.25) is 10.0 Å². The van der Waals surface area contributed by atoms with Gasteiger partial charge in [-0.3, -0.25) is 0 Å². The summed E-state index contributed by atoms with van der Waals surface area (Å²) in [5.41, 5.74) is 0. The highest BCUT2D eigenvalue weighted by Gasteiger charge is 2.33. The number of hydrogen-bond acceptors (Lipinski definition) is 5. The van der Waals surface area contributed by atoms with E-state index in [9.17, 15) is 16.8 Å². The predicted molar refractivity (Wildman–Crippen MR) is 63.2 cm³/mol. The van der Waals surface area contributed by atoms with Crippen LogP contribution in [0.4, 0.5) is 0 Å². The van der Waals surface area contributed by atoms with Gasteiger partial charge in [-0.1, -0.05) is 12.8 Å². The third-order valence-electron chi connectivity index (χ3n) is 2.68. The molecule has 1 fully saturated rings. The van der Waals surface area contributed by atoms with E-state index in [1.165, 1.54) is 0 Å². The van der Waals surface area contributed by atoms with Crippen LogP contribution in [0.5, 0.6) is 0 Å². The fourth-order valence-electron chi connectivity index (χ4n) is 2.05. The SMILES string of the molecule is CS(=O)(=O)CS(=O)(=O)N(CC#N)C1CCCC1. The lowest BCUT2D eigenvalue weighted by Gasteiger charge is -2.24. The van der Waals surface area contributed by atoms with Crippen molar-refractivity contribution in [1.29, 1.82) is 5.26 Å². The quantitative estimate of drug-likeness (QED) is 0.665. The van der Waals surface area contributed by atoms with Crippen LogP contribution in [0.3, 0.4) is 0 Å². The smallest absolute Gasteiger partial charge is 0.228 e. The molecule has 0 heterocycles. The minimum atomic E-state index is -3.90. The van der Waals surface area contributed by atoms with Crippen molar-refractivity contribution in [3.05, 3.63) is 0 Å². The van der Waals surface area contributed by atoms with Crippen LogP contribution < -0.4 is 0 Å². The van der Waals surface area contributed by atoms with E-state index >= 15 is 0 Å². The zero-order valence-corrected chi connectivity index (χ0v) is 11.3. The van der Waals surface area contributed by atoms with Gasteiger partial charge in [-0.05, 0) is 12.8 Å². The lowest BCUT2D eigenvalue weighted by atomic mass is 10.2. The second-order valence-electron chi connectivity index (χ2n) is 4.30. The Hall–Kier alpha value is -0.650. The average molecular weight is 280 g/mol. The van der Waals surface area contributed by atoms with Gasteiger partial charge in [0.1, 0.15) is 6.54 Å². The van der Waals surface area contributed by atoms with Crippen molar-refractivity contribution in [3.8, 4) is 6.07 Å². The number of sulfone groups is 1. The van der Waals surface area contributed by atoms with Crippen LogP contribution in [0.15, 0.2) is 0 Å². The Kier molecular flexibility index (Phi) is 4.52. The Bertz CT molecular complexity index is 498. The number of hydrogen-bond donors (Lipinski definition) is 0. The summed E-state index contributed by atoms with van der Waals surface area (Å²) in [4.78, 5) is 0. The zero-order valence-electron chi connectivity index (χ0n) is 9.66. The summed E-state index contributed by atoms with van der Waals surface area (Å²) in [5.74, 6) is 0. The average Bonchev–Trinajstić information content (AvgIpc) is 2.62. The first-order valence-electron chi connectivity index (χ1n) is 5.30. The lowest BCUT2D eigenvalue weighted by molar-refractivity contribution is 0.352. The highest BCUT2D eigenvalue weighted by atomic mass is 32.3. The summed E-state index contributed by atoms with van der Waals surface area (Å²) < 4.78 is 47.0. The summed E-state index contributed by atoms with van der Waals surface area (Å²) >= 11 is 0. The molecule has 0 radical (unpaired) electrons. The molecule has 0 spiro atoms. The Morgan fingerprint density at radius 3 is 2.18 bits per heavy atom. The maximum atomic E-state index is 11.9. The Balaban J connectivity index is 2.93. The molecule has 0 bridgehead atoms. The number of sulfonamides is 1. The molecule has 98 valence electrons. The van der Waals surface area contributed by atoms with Crippen molar-refractivity contribution in [2.45, 2.75) is 31.7 Å². The van der Waals surface area contributed by atoms with Crippen molar-refractivity contribution < 1.29 is 16.8 Å². The van der Waals surface area contributed by atoms with Gasteiger partial charge >= 0.3 is 0 Å². The van der Waals surface area contributed by atoms with Gasteiger partial charge in [0.25, 0.3) is 0 Å². The van der Waals surface area contributed by atoms with Crippen molar-refractivity contribution in [3.63, 3.8) is 0 Å². The van der Waals surface area contributed by atoms with E-state index in [1.807, 2.05) is 0 Å². The van der Waals surface area contributed by atoms with Crippen LogP contribution in [0.25, 0.3) is 0 Å². The topological polar surface area (TPSA) is 95.3 Å². The molecule has 0 aliphatic heterocycles. The lowest BCUT2D eigenvalue weighted by Crippen LogP contribution is -2.41. The van der Waals surface area contributed by atoms with Crippen LogP contribution in [0, 0.1) is 11.3 Å². The summed E-state index contributed by atoms with van der Waals surface area (Å²) in [6, 6.07) is 1.57. The first kappa shape index (κ1) is 14.4. The molecule has 0 amide bonds. The van der Waals surface area contributed by atoms with Gasteiger partial charge in [-0.15, -0.1) is 0 Å². The predicted octanol–water partition coefficient (Wildman–Crippen LogP) is 0.0865. The van der Waals surface area contributed by atoms with Gasteiger partial charge in [0.05, 0.1) is 6.07 Å². The van der Waals surface area contributed by atoms with Crippen molar-refractivity contribution in [2.75, 3.05) is 17.9 Å². The maximum Gasteiger partial charge on any atom is 0.229 e. The third-order valence-corrected chi connectivity index (χ3v) is 6.72. The van der Waals surface area contributed by atoms with Crippen molar-refractivity contribution in [2.24, 2.45) is 0 Å². The van der Waals surface area contributed by atoms with Gasteiger partial charge < -0.3 is 0 Å². The Labute approximate surface area is 102 Å². The molecule has 0 aromatic heterocycles. The molecule has 0 unspecified atom stereocenters. The molecule has 6 nitrogen and oxygen atoms in total. The number of nitriles is 1. The van der Waals surface area contributed by atoms with Gasteiger partial charge in [-0.2, -0.15) is 9.57 Å². The van der Waals surface area contributed by atoms with Gasteiger partial charge in [0.15, 0.2) is 14.9 Å². The molecule has 0 aromatic carbocycles. The van der Waals surface area contributed by atoms with Crippen molar-refractivity contribution >= 4 is 19.9 Å². The number of rotatable bonds is 5. The Morgan fingerprint density at radius 1 is 1.24 bits per heavy atom. The first-order chi connectivity index (χ1) is 7.76. The van der Waals surface area contributed by atoms with E-state index in [2.05, 4.69) is 0 Å². The van der Waals surface area contributed by atoms with E-state index in [0.29, 0.717) is 12.8 Å². The molecule has 0 saturated heterocycles. The molecule has 1 aliphatic carbocycles. The molecule has 17 heavy (non-hydrogen) atoms. The molecule has 1 aliphatic rings. The molecule has 0 atom stereocenters. The fourth-order valence-corrected chi connectivity index (χ4v) is 5.68. The molecule has 8 heteroatoms. The summed E-state index contributed by atoms with van der Waals surface area (Å²) in [5, 5.41) is 7.73. The van der Waals surface area contributed by atoms with E-state index in [0.717, 1.165) is 23.4 Å². The molecule has 1 rings (SSSR count). The van der Waals surface area contributed by atoms with Crippen LogP contribution in [0.1, 0.15) is 25.7 Å². The minimum Gasteiger partial charge on any atom is -0.228 e. The first-order valence-corrected chi connectivity index (χ1v) is 8.97. The number of nitrogens with zero attached hydrogens (tertiary/aromatic N) is 2. The standard InChI is InChI=1S/C9H16N2O4S2/c1-16(12,13)8-17(14,15)11(7-6-10)9-4-2-3-5-9/h9H,2-5,7-8H2,1H3. The van der Waals surface area contributed by atoms with E-state index in [4.69, 9.17) is 5.26 Å². The van der Waals surface area contributed by atoms with Crippen LogP contribution >= 0.6 is 0 Å². The second-order valence-corrected chi connectivity index (χ2v) is 8.72. The van der Waals surface area contributed by atoms with E-state index < -0.39 is 24.9 Å². The van der Waals surface area contributed by atoms with Crippen LogP contribution in [-0.2, 0) is 19.9 Å². The molecule has 1 saturated carbocycles. The second kappa shape index (κ2) is 5.33. The van der Waals surface area contributed by atoms with Gasteiger partial charge in [-0.25, -0.2) is 16.8 Å². The summed E-state index contributed by atoms with van der Waals surface area (Å²) in [6.45, 7) is -0.275. The summed E-state index contributed by atoms with van der Waals surface area (Å²) in [6.07, 6.45) is 4.11. The highest BCUT2D eigenvalue weighted by Crippen LogP contribution is 2.25. The Morgan fingerprint density at radius 2 is 1.76 bits per heavy atom. The third kappa shape index (κ3) is 4.26. The molecule has 0 N–H and O–H groups in total. The zero-order chi connectivity index (χ0) is 13.1.